The molecule has 2 nitrogen and oxygen atoms in total. The van der Waals surface area contributed by atoms with Gasteiger partial charge in [0.2, 0.25) is 0 Å². The highest BCUT2D eigenvalue weighted by Crippen LogP contribution is 2.25. The minimum Gasteiger partial charge on any atom is -0.354 e. The minimum absolute atomic E-state index is 0.228. The van der Waals surface area contributed by atoms with E-state index in [1.165, 1.54) is 12.5 Å². The van der Waals surface area contributed by atoms with E-state index in [0.29, 0.717) is 17.6 Å². The van der Waals surface area contributed by atoms with Crippen molar-refractivity contribution in [3.63, 3.8) is 0 Å². The highest BCUT2D eigenvalue weighted by Gasteiger charge is 2.22. The molecule has 88 valence electrons. The van der Waals surface area contributed by atoms with E-state index in [1.807, 2.05) is 4.90 Å². The normalized spacial score (nSPS) is 21.1. The molecule has 1 unspecified atom stereocenters. The van der Waals surface area contributed by atoms with Crippen LogP contribution in [0.15, 0.2) is 18.3 Å². The van der Waals surface area contributed by atoms with Crippen molar-refractivity contribution in [2.24, 2.45) is 5.92 Å². The summed E-state index contributed by atoms with van der Waals surface area (Å²) in [5.41, 5.74) is 0. The Morgan fingerprint density at radius 2 is 2.44 bits per heavy atom. The van der Waals surface area contributed by atoms with Crippen molar-refractivity contribution in [1.29, 1.82) is 0 Å². The Balaban J connectivity index is 2.07. The highest BCUT2D eigenvalue weighted by molar-refractivity contribution is 6.17. The van der Waals surface area contributed by atoms with Crippen LogP contribution in [-0.2, 0) is 0 Å². The van der Waals surface area contributed by atoms with E-state index in [-0.39, 0.29) is 5.82 Å². The maximum absolute atomic E-state index is 13.6. The fourth-order valence-corrected chi connectivity index (χ4v) is 2.57. The second kappa shape index (κ2) is 5.48. The molecule has 1 fully saturated rings. The molecular weight excluding hydrogens is 227 g/mol. The highest BCUT2D eigenvalue weighted by atomic mass is 35.5. The quantitative estimate of drug-likeness (QED) is 0.758. The summed E-state index contributed by atoms with van der Waals surface area (Å²) >= 11 is 5.75. The summed E-state index contributed by atoms with van der Waals surface area (Å²) in [4.78, 5) is 6.15. The van der Waals surface area contributed by atoms with Crippen molar-refractivity contribution in [2.75, 3.05) is 23.9 Å². The predicted octanol–water partition coefficient (Wildman–Crippen LogP) is 3.07. The summed E-state index contributed by atoms with van der Waals surface area (Å²) in [6.07, 6.45) is 4.94. The summed E-state index contributed by atoms with van der Waals surface area (Å²) in [5, 5.41) is 0. The molecule has 0 spiro atoms. The molecule has 4 heteroatoms. The largest absolute Gasteiger partial charge is 0.354 e. The van der Waals surface area contributed by atoms with Gasteiger partial charge in [0.15, 0.2) is 11.6 Å². The maximum Gasteiger partial charge on any atom is 0.165 e. The van der Waals surface area contributed by atoms with Gasteiger partial charge in [-0.2, -0.15) is 0 Å². The number of aromatic nitrogens is 1. The second-order valence-electron chi connectivity index (χ2n) is 4.24. The third-order valence-corrected chi connectivity index (χ3v) is 3.29. The van der Waals surface area contributed by atoms with Crippen molar-refractivity contribution < 1.29 is 4.39 Å². The van der Waals surface area contributed by atoms with Crippen LogP contribution in [-0.4, -0.2) is 24.0 Å². The SMILES string of the molecule is Fc1cccnc1N1CCCC(CCCl)C1. The molecule has 0 radical (unpaired) electrons. The Bertz CT molecular complexity index is 344. The molecule has 0 aliphatic carbocycles. The van der Waals surface area contributed by atoms with Gasteiger partial charge in [0.05, 0.1) is 0 Å². The molecule has 0 amide bonds. The van der Waals surface area contributed by atoms with Crippen LogP contribution in [0.25, 0.3) is 0 Å². The van der Waals surface area contributed by atoms with Gasteiger partial charge in [-0.25, -0.2) is 9.37 Å². The lowest BCUT2D eigenvalue weighted by molar-refractivity contribution is 0.401. The van der Waals surface area contributed by atoms with Crippen LogP contribution in [0, 0.1) is 11.7 Å². The average molecular weight is 243 g/mol. The Hall–Kier alpha value is -0.830. The molecule has 2 heterocycles. The molecule has 1 aromatic rings. The van der Waals surface area contributed by atoms with Crippen LogP contribution >= 0.6 is 11.6 Å². The zero-order valence-corrected chi connectivity index (χ0v) is 9.96. The summed E-state index contributed by atoms with van der Waals surface area (Å²) in [7, 11) is 0. The first-order valence-corrected chi connectivity index (χ1v) is 6.26. The number of rotatable bonds is 3. The Labute approximate surface area is 100 Å². The molecule has 1 aliphatic heterocycles. The van der Waals surface area contributed by atoms with Gasteiger partial charge in [-0.05, 0) is 37.3 Å². The summed E-state index contributed by atoms with van der Waals surface area (Å²) < 4.78 is 13.6. The molecule has 0 bridgehead atoms. The number of nitrogens with zero attached hydrogens (tertiary/aromatic N) is 2. The number of pyridine rings is 1. The number of hydrogen-bond donors (Lipinski definition) is 0. The Morgan fingerprint density at radius 1 is 1.56 bits per heavy atom. The Morgan fingerprint density at radius 3 is 3.19 bits per heavy atom. The van der Waals surface area contributed by atoms with Crippen LogP contribution < -0.4 is 4.90 Å². The molecule has 0 N–H and O–H groups in total. The Kier molecular flexibility index (Phi) is 3.99. The van der Waals surface area contributed by atoms with Gasteiger partial charge < -0.3 is 4.90 Å². The van der Waals surface area contributed by atoms with E-state index >= 15 is 0 Å². The van der Waals surface area contributed by atoms with Gasteiger partial charge in [-0.1, -0.05) is 0 Å². The molecule has 1 atom stereocenters. The lowest BCUT2D eigenvalue weighted by Gasteiger charge is -2.33. The van der Waals surface area contributed by atoms with Gasteiger partial charge in [-0.15, -0.1) is 11.6 Å². The maximum atomic E-state index is 13.6. The monoisotopic (exact) mass is 242 g/mol. The van der Waals surface area contributed by atoms with Gasteiger partial charge in [-0.3, -0.25) is 0 Å². The number of piperidine rings is 1. The number of hydrogen-bond acceptors (Lipinski definition) is 2. The van der Waals surface area contributed by atoms with Crippen molar-refractivity contribution in [1.82, 2.24) is 4.98 Å². The fourth-order valence-electron chi connectivity index (χ4n) is 2.26. The number of alkyl halides is 1. The van der Waals surface area contributed by atoms with Crippen molar-refractivity contribution in [3.05, 3.63) is 24.1 Å². The van der Waals surface area contributed by atoms with Crippen LogP contribution in [0.3, 0.4) is 0 Å². The van der Waals surface area contributed by atoms with Gasteiger partial charge in [0.25, 0.3) is 0 Å². The minimum atomic E-state index is -0.228. The molecule has 1 aliphatic rings. The van der Waals surface area contributed by atoms with E-state index < -0.39 is 0 Å². The van der Waals surface area contributed by atoms with Crippen LogP contribution in [0.2, 0.25) is 0 Å². The summed E-state index contributed by atoms with van der Waals surface area (Å²) in [5.74, 6) is 1.52. The second-order valence-corrected chi connectivity index (χ2v) is 4.62. The zero-order chi connectivity index (χ0) is 11.4. The average Bonchev–Trinajstić information content (AvgIpc) is 2.30. The molecule has 1 saturated heterocycles. The standard InChI is InChI=1S/C12H16ClFN2/c13-6-5-10-3-2-8-16(9-10)12-11(14)4-1-7-15-12/h1,4,7,10H,2-3,5-6,8-9H2. The van der Waals surface area contributed by atoms with Crippen LogP contribution in [0.5, 0.6) is 0 Å². The number of anilines is 1. The molecule has 1 aromatic heterocycles. The summed E-state index contributed by atoms with van der Waals surface area (Å²) in [6.45, 7) is 1.77. The van der Waals surface area contributed by atoms with E-state index in [2.05, 4.69) is 4.98 Å². The van der Waals surface area contributed by atoms with E-state index in [1.54, 1.807) is 12.3 Å². The van der Waals surface area contributed by atoms with Crippen molar-refractivity contribution in [3.8, 4) is 0 Å². The first-order chi connectivity index (χ1) is 7.81. The summed E-state index contributed by atoms with van der Waals surface area (Å²) in [6, 6.07) is 3.09. The predicted molar refractivity (Wildman–Crippen MR) is 64.5 cm³/mol. The molecule has 0 saturated carbocycles. The van der Waals surface area contributed by atoms with Crippen LogP contribution in [0.1, 0.15) is 19.3 Å². The number of halogens is 2. The van der Waals surface area contributed by atoms with Crippen molar-refractivity contribution in [2.45, 2.75) is 19.3 Å². The smallest absolute Gasteiger partial charge is 0.165 e. The lowest BCUT2D eigenvalue weighted by Crippen LogP contribution is -2.36. The van der Waals surface area contributed by atoms with E-state index in [4.69, 9.17) is 11.6 Å². The lowest BCUT2D eigenvalue weighted by atomic mass is 9.95. The van der Waals surface area contributed by atoms with E-state index in [0.717, 1.165) is 25.9 Å². The zero-order valence-electron chi connectivity index (χ0n) is 9.20. The molecule has 2 rings (SSSR count). The third kappa shape index (κ3) is 2.64. The molecule has 0 aromatic carbocycles. The van der Waals surface area contributed by atoms with Crippen molar-refractivity contribution >= 4 is 17.4 Å². The topological polar surface area (TPSA) is 16.1 Å². The fraction of sp³-hybridized carbons (Fsp3) is 0.583. The van der Waals surface area contributed by atoms with E-state index in [9.17, 15) is 4.39 Å². The molecule has 16 heavy (non-hydrogen) atoms. The first kappa shape index (κ1) is 11.6. The van der Waals surface area contributed by atoms with Gasteiger partial charge in [0, 0.05) is 25.2 Å². The third-order valence-electron chi connectivity index (χ3n) is 3.07. The molecular formula is C12H16ClFN2. The van der Waals surface area contributed by atoms with Gasteiger partial charge in [0.1, 0.15) is 0 Å². The van der Waals surface area contributed by atoms with Crippen LogP contribution in [0.4, 0.5) is 10.2 Å². The van der Waals surface area contributed by atoms with Gasteiger partial charge >= 0.3 is 0 Å². The first-order valence-electron chi connectivity index (χ1n) is 5.72.